The molecule has 106 valence electrons. The van der Waals surface area contributed by atoms with Gasteiger partial charge in [0.15, 0.2) is 11.6 Å². The lowest BCUT2D eigenvalue weighted by Crippen LogP contribution is -2.09. The second-order valence-corrected chi connectivity index (χ2v) is 5.14. The molecule has 6 heteroatoms. The molecule has 0 spiro atoms. The Morgan fingerprint density at radius 2 is 1.65 bits per heavy atom. The average Bonchev–Trinajstić information content (AvgIpc) is 2.36. The Hall–Kier alpha value is -1.56. The molecule has 0 saturated heterocycles. The van der Waals surface area contributed by atoms with Crippen LogP contribution in [0.15, 0.2) is 34.8 Å². The van der Waals surface area contributed by atoms with Crippen LogP contribution in [0.1, 0.15) is 18.5 Å². The first kappa shape index (κ1) is 14.8. The summed E-state index contributed by atoms with van der Waals surface area (Å²) in [6.07, 6.45) is 0. The molecule has 0 radical (unpaired) electrons. The van der Waals surface area contributed by atoms with E-state index in [-0.39, 0.29) is 10.2 Å². The normalized spacial score (nSPS) is 12.3. The molecule has 0 fully saturated rings. The van der Waals surface area contributed by atoms with Gasteiger partial charge in [0.1, 0.15) is 11.6 Å². The molecule has 0 aliphatic carbocycles. The van der Waals surface area contributed by atoms with Gasteiger partial charge in [-0.25, -0.2) is 17.6 Å². The molecule has 1 atom stereocenters. The van der Waals surface area contributed by atoms with E-state index < -0.39 is 29.3 Å². The third-order valence-corrected chi connectivity index (χ3v) is 3.44. The van der Waals surface area contributed by atoms with Crippen molar-refractivity contribution in [2.45, 2.75) is 13.0 Å². The van der Waals surface area contributed by atoms with Crippen molar-refractivity contribution in [1.82, 2.24) is 0 Å². The SMILES string of the molecule is CC(Nc1c(F)cc(F)cc1Br)c1ccc(F)c(F)c1. The highest BCUT2D eigenvalue weighted by atomic mass is 79.9. The minimum atomic E-state index is -0.977. The standard InChI is InChI=1S/C14H10BrF4N/c1-7(8-2-3-11(17)12(18)4-8)20-14-10(15)5-9(16)6-13(14)19/h2-7,20H,1H3. The zero-order valence-corrected chi connectivity index (χ0v) is 11.9. The van der Waals surface area contributed by atoms with Crippen LogP contribution < -0.4 is 5.32 Å². The molecular formula is C14H10BrF4N. The van der Waals surface area contributed by atoms with Gasteiger partial charge in [-0.15, -0.1) is 0 Å². The second-order valence-electron chi connectivity index (χ2n) is 4.28. The summed E-state index contributed by atoms with van der Waals surface area (Å²) in [6, 6.07) is 4.79. The zero-order chi connectivity index (χ0) is 14.9. The fraction of sp³-hybridized carbons (Fsp3) is 0.143. The first-order valence-corrected chi connectivity index (χ1v) is 6.54. The van der Waals surface area contributed by atoms with Crippen LogP contribution in [0.5, 0.6) is 0 Å². The lowest BCUT2D eigenvalue weighted by atomic mass is 10.1. The Morgan fingerprint density at radius 1 is 0.950 bits per heavy atom. The van der Waals surface area contributed by atoms with Crippen LogP contribution >= 0.6 is 15.9 Å². The van der Waals surface area contributed by atoms with E-state index in [2.05, 4.69) is 21.2 Å². The van der Waals surface area contributed by atoms with Crippen molar-refractivity contribution >= 4 is 21.6 Å². The summed E-state index contributed by atoms with van der Waals surface area (Å²) < 4.78 is 52.9. The van der Waals surface area contributed by atoms with Gasteiger partial charge in [0, 0.05) is 16.6 Å². The van der Waals surface area contributed by atoms with Crippen molar-refractivity contribution < 1.29 is 17.6 Å². The Morgan fingerprint density at radius 3 is 2.25 bits per heavy atom. The molecule has 1 unspecified atom stereocenters. The zero-order valence-electron chi connectivity index (χ0n) is 10.4. The minimum Gasteiger partial charge on any atom is -0.375 e. The number of benzene rings is 2. The van der Waals surface area contributed by atoms with Gasteiger partial charge in [-0.05, 0) is 46.6 Å². The number of nitrogens with one attached hydrogen (secondary N) is 1. The van der Waals surface area contributed by atoms with Crippen LogP contribution in [0.3, 0.4) is 0 Å². The summed E-state index contributed by atoms with van der Waals surface area (Å²) in [5.41, 5.74) is 0.503. The first-order chi connectivity index (χ1) is 9.38. The maximum absolute atomic E-state index is 13.7. The van der Waals surface area contributed by atoms with Crippen LogP contribution in [0.4, 0.5) is 23.2 Å². The van der Waals surface area contributed by atoms with E-state index in [0.29, 0.717) is 5.56 Å². The summed E-state index contributed by atoms with van der Waals surface area (Å²) in [4.78, 5) is 0. The number of hydrogen-bond acceptors (Lipinski definition) is 1. The second kappa shape index (κ2) is 5.83. The molecule has 2 aromatic carbocycles. The van der Waals surface area contributed by atoms with Gasteiger partial charge >= 0.3 is 0 Å². The van der Waals surface area contributed by atoms with Crippen LogP contribution in [-0.4, -0.2) is 0 Å². The van der Waals surface area contributed by atoms with Crippen LogP contribution in [0, 0.1) is 23.3 Å². The van der Waals surface area contributed by atoms with Gasteiger partial charge in [0.25, 0.3) is 0 Å². The lowest BCUT2D eigenvalue weighted by Gasteiger charge is -2.17. The molecule has 0 aromatic heterocycles. The van der Waals surface area contributed by atoms with Crippen molar-refractivity contribution in [3.8, 4) is 0 Å². The minimum absolute atomic E-state index is 0.0589. The summed E-state index contributed by atoms with van der Waals surface area (Å²) in [5.74, 6) is -3.41. The van der Waals surface area contributed by atoms with Gasteiger partial charge in [-0.3, -0.25) is 0 Å². The van der Waals surface area contributed by atoms with Gasteiger partial charge in [-0.1, -0.05) is 6.07 Å². The molecular weight excluding hydrogens is 338 g/mol. The first-order valence-electron chi connectivity index (χ1n) is 5.74. The topological polar surface area (TPSA) is 12.0 Å². The lowest BCUT2D eigenvalue weighted by molar-refractivity contribution is 0.506. The van der Waals surface area contributed by atoms with E-state index in [9.17, 15) is 17.6 Å². The molecule has 2 aromatic rings. The van der Waals surface area contributed by atoms with Crippen LogP contribution in [0.25, 0.3) is 0 Å². The molecule has 0 aliphatic rings. The Balaban J connectivity index is 2.27. The summed E-state index contributed by atoms with van der Waals surface area (Å²) in [6.45, 7) is 1.65. The maximum atomic E-state index is 13.7. The third kappa shape index (κ3) is 3.12. The predicted octanol–water partition coefficient (Wildman–Crippen LogP) is 5.18. The molecule has 0 bridgehead atoms. The molecule has 0 aliphatic heterocycles. The largest absolute Gasteiger partial charge is 0.375 e. The fourth-order valence-corrected chi connectivity index (χ4v) is 2.28. The maximum Gasteiger partial charge on any atom is 0.159 e. The molecule has 2 rings (SSSR count). The highest BCUT2D eigenvalue weighted by molar-refractivity contribution is 9.10. The molecule has 0 saturated carbocycles. The molecule has 20 heavy (non-hydrogen) atoms. The third-order valence-electron chi connectivity index (χ3n) is 2.81. The highest BCUT2D eigenvalue weighted by Crippen LogP contribution is 2.30. The Kier molecular flexibility index (Phi) is 4.32. The van der Waals surface area contributed by atoms with Gasteiger partial charge in [0.05, 0.1) is 5.69 Å². The van der Waals surface area contributed by atoms with Crippen molar-refractivity contribution in [3.05, 3.63) is 63.6 Å². The molecule has 0 heterocycles. The molecule has 1 nitrogen and oxygen atoms in total. The number of rotatable bonds is 3. The van der Waals surface area contributed by atoms with E-state index in [1.807, 2.05) is 0 Å². The van der Waals surface area contributed by atoms with Crippen LogP contribution in [-0.2, 0) is 0 Å². The van der Waals surface area contributed by atoms with E-state index in [1.54, 1.807) is 6.92 Å². The molecule has 1 N–H and O–H groups in total. The van der Waals surface area contributed by atoms with Crippen molar-refractivity contribution in [2.75, 3.05) is 5.32 Å². The van der Waals surface area contributed by atoms with Crippen molar-refractivity contribution in [3.63, 3.8) is 0 Å². The van der Waals surface area contributed by atoms with Gasteiger partial charge in [0.2, 0.25) is 0 Å². The smallest absolute Gasteiger partial charge is 0.159 e. The van der Waals surface area contributed by atoms with E-state index in [4.69, 9.17) is 0 Å². The Bertz CT molecular complexity index is 622. The van der Waals surface area contributed by atoms with Crippen LogP contribution in [0.2, 0.25) is 0 Å². The van der Waals surface area contributed by atoms with E-state index in [0.717, 1.165) is 24.3 Å². The Labute approximate surface area is 121 Å². The van der Waals surface area contributed by atoms with Crippen molar-refractivity contribution in [2.24, 2.45) is 0 Å². The summed E-state index contributed by atoms with van der Waals surface area (Å²) >= 11 is 3.05. The predicted molar refractivity (Wildman–Crippen MR) is 72.5 cm³/mol. The van der Waals surface area contributed by atoms with Crippen molar-refractivity contribution in [1.29, 1.82) is 0 Å². The molecule has 0 amide bonds. The average molecular weight is 348 g/mol. The summed E-state index contributed by atoms with van der Waals surface area (Å²) in [7, 11) is 0. The monoisotopic (exact) mass is 347 g/mol. The highest BCUT2D eigenvalue weighted by Gasteiger charge is 2.14. The number of anilines is 1. The van der Waals surface area contributed by atoms with Gasteiger partial charge in [-0.2, -0.15) is 0 Å². The summed E-state index contributed by atoms with van der Waals surface area (Å²) in [5, 5.41) is 2.79. The van der Waals surface area contributed by atoms with E-state index in [1.165, 1.54) is 6.07 Å². The quantitative estimate of drug-likeness (QED) is 0.754. The number of halogens is 5. The number of hydrogen-bond donors (Lipinski definition) is 1. The fourth-order valence-electron chi connectivity index (χ4n) is 1.76. The van der Waals surface area contributed by atoms with Gasteiger partial charge < -0.3 is 5.32 Å². The van der Waals surface area contributed by atoms with E-state index >= 15 is 0 Å².